The number of hydrogen-bond donors (Lipinski definition) is 0. The van der Waals surface area contributed by atoms with Crippen molar-refractivity contribution in [3.8, 4) is 10.6 Å². The molecule has 2 nitrogen and oxygen atoms in total. The van der Waals surface area contributed by atoms with Gasteiger partial charge in [0.2, 0.25) is 0 Å². The van der Waals surface area contributed by atoms with Gasteiger partial charge in [-0.05, 0) is 64.0 Å². The van der Waals surface area contributed by atoms with E-state index in [1.54, 1.807) is 11.3 Å². The Bertz CT molecular complexity index is 1800. The highest BCUT2D eigenvalue weighted by atomic mass is 32.1. The fourth-order valence-corrected chi connectivity index (χ4v) is 8.41. The Hall–Kier alpha value is -3.16. The van der Waals surface area contributed by atoms with Crippen molar-refractivity contribution in [3.63, 3.8) is 0 Å². The highest BCUT2D eigenvalue weighted by molar-refractivity contribution is 7.22. The monoisotopic (exact) mass is 536 g/mol. The van der Waals surface area contributed by atoms with E-state index in [0.717, 1.165) is 18.7 Å². The lowest BCUT2D eigenvalue weighted by molar-refractivity contribution is 0.967. The van der Waals surface area contributed by atoms with E-state index >= 15 is 0 Å². The first-order valence-electron chi connectivity index (χ1n) is 11.7. The van der Waals surface area contributed by atoms with Gasteiger partial charge in [0, 0.05) is 49.1 Å². The van der Waals surface area contributed by atoms with E-state index in [1.165, 1.54) is 56.2 Å². The number of thiophene rings is 4. The molecule has 0 unspecified atom stereocenters. The number of nitrogens with zero attached hydrogens (tertiary/aromatic N) is 2. The van der Waals surface area contributed by atoms with Crippen LogP contribution in [0.3, 0.4) is 0 Å². The van der Waals surface area contributed by atoms with Crippen LogP contribution in [0.15, 0.2) is 101 Å². The van der Waals surface area contributed by atoms with Crippen LogP contribution in [0.4, 0.5) is 0 Å². The molecule has 0 radical (unpaired) electrons. The molecule has 0 bridgehead atoms. The molecule has 7 aromatic rings. The van der Waals surface area contributed by atoms with E-state index < -0.39 is 0 Å². The summed E-state index contributed by atoms with van der Waals surface area (Å²) in [6, 6.07) is 28.0. The predicted octanol–water partition coefficient (Wildman–Crippen LogP) is 9.53. The summed E-state index contributed by atoms with van der Waals surface area (Å²) in [6.45, 7) is 0.928. The van der Waals surface area contributed by atoms with Gasteiger partial charge in [0.1, 0.15) is 0 Å². The predicted molar refractivity (Wildman–Crippen MR) is 161 cm³/mol. The van der Waals surface area contributed by atoms with Gasteiger partial charge in [-0.25, -0.2) is 0 Å². The summed E-state index contributed by atoms with van der Waals surface area (Å²) >= 11 is 7.28. The third-order valence-corrected chi connectivity index (χ3v) is 10.4. The summed E-state index contributed by atoms with van der Waals surface area (Å²) in [5.74, 6) is 0. The third kappa shape index (κ3) is 4.00. The van der Waals surface area contributed by atoms with Crippen LogP contribution in [0.1, 0.15) is 15.3 Å². The van der Waals surface area contributed by atoms with Crippen LogP contribution in [0.25, 0.3) is 40.8 Å². The molecule has 0 fully saturated rings. The van der Waals surface area contributed by atoms with Crippen LogP contribution >= 0.6 is 45.3 Å². The average molecular weight is 537 g/mol. The minimum absolute atomic E-state index is 0.928. The zero-order valence-electron chi connectivity index (χ0n) is 19.2. The molecule has 1 aliphatic heterocycles. The lowest BCUT2D eigenvalue weighted by Crippen LogP contribution is -2.10. The molecular formula is C30H20N2S4. The summed E-state index contributed by atoms with van der Waals surface area (Å²) < 4.78 is 3.97. The van der Waals surface area contributed by atoms with E-state index in [4.69, 9.17) is 4.99 Å². The quantitative estimate of drug-likeness (QED) is 0.216. The minimum Gasteiger partial charge on any atom is -0.283 e. The molecule has 0 saturated carbocycles. The van der Waals surface area contributed by atoms with Gasteiger partial charge in [-0.15, -0.1) is 45.3 Å². The van der Waals surface area contributed by atoms with Gasteiger partial charge in [-0.3, -0.25) is 9.98 Å². The Morgan fingerprint density at radius 3 is 2.19 bits per heavy atom. The Balaban J connectivity index is 0.000000122. The summed E-state index contributed by atoms with van der Waals surface area (Å²) in [5, 5.41) is 8.19. The smallest absolute Gasteiger partial charge is 0.0888 e. The van der Waals surface area contributed by atoms with Crippen LogP contribution in [0, 0.1) is 0 Å². The summed E-state index contributed by atoms with van der Waals surface area (Å²) in [4.78, 5) is 13.3. The molecule has 6 heteroatoms. The molecular weight excluding hydrogens is 517 g/mol. The molecule has 0 aliphatic carbocycles. The largest absolute Gasteiger partial charge is 0.283 e. The van der Waals surface area contributed by atoms with Gasteiger partial charge < -0.3 is 0 Å². The van der Waals surface area contributed by atoms with E-state index in [-0.39, 0.29) is 0 Å². The summed E-state index contributed by atoms with van der Waals surface area (Å²) in [7, 11) is 0. The van der Waals surface area contributed by atoms with Crippen molar-refractivity contribution in [1.82, 2.24) is 4.98 Å². The molecule has 5 aromatic heterocycles. The molecule has 0 N–H and O–H groups in total. The Morgan fingerprint density at radius 1 is 0.667 bits per heavy atom. The molecule has 8 rings (SSSR count). The summed E-state index contributed by atoms with van der Waals surface area (Å²) in [6.07, 6.45) is 3.00. The highest BCUT2D eigenvalue weighted by Gasteiger charge is 2.18. The first-order chi connectivity index (χ1) is 17.8. The molecule has 0 amide bonds. The van der Waals surface area contributed by atoms with Gasteiger partial charge >= 0.3 is 0 Å². The standard InChI is InChI=1S/C15H11NS2.C15H9NS2/c2*1-2-4-12-10(3-1)9-14(18-12)15-11-6-8-17-13(11)5-7-16-15/h1-4,6,8-9H,5,7H2;1-9H. The molecule has 174 valence electrons. The SMILES string of the molecule is c1ccc2sc(-c3nccc4sccc34)cc2c1.c1ccc2sc(C3=NCCc4sccc43)cc2c1. The zero-order valence-corrected chi connectivity index (χ0v) is 22.4. The zero-order chi connectivity index (χ0) is 23.9. The molecule has 1 aliphatic rings. The van der Waals surface area contributed by atoms with Gasteiger partial charge in [0.25, 0.3) is 0 Å². The van der Waals surface area contributed by atoms with E-state index in [2.05, 4.69) is 94.6 Å². The van der Waals surface area contributed by atoms with Gasteiger partial charge in [0.05, 0.1) is 21.2 Å². The van der Waals surface area contributed by atoms with Crippen molar-refractivity contribution in [2.45, 2.75) is 6.42 Å². The Kier molecular flexibility index (Phi) is 5.75. The van der Waals surface area contributed by atoms with Crippen LogP contribution in [-0.4, -0.2) is 17.2 Å². The lowest BCUT2D eigenvalue weighted by atomic mass is 10.1. The first-order valence-corrected chi connectivity index (χ1v) is 15.1. The van der Waals surface area contributed by atoms with E-state index in [9.17, 15) is 0 Å². The molecule has 2 aromatic carbocycles. The molecule has 6 heterocycles. The van der Waals surface area contributed by atoms with Crippen molar-refractivity contribution >= 4 is 81.3 Å². The number of hydrogen-bond acceptors (Lipinski definition) is 6. The van der Waals surface area contributed by atoms with Crippen molar-refractivity contribution in [2.24, 2.45) is 4.99 Å². The van der Waals surface area contributed by atoms with Crippen molar-refractivity contribution < 1.29 is 0 Å². The maximum atomic E-state index is 4.74. The molecule has 0 spiro atoms. The Morgan fingerprint density at radius 2 is 1.39 bits per heavy atom. The number of pyridine rings is 1. The van der Waals surface area contributed by atoms with Gasteiger partial charge in [-0.1, -0.05) is 36.4 Å². The van der Waals surface area contributed by atoms with Crippen LogP contribution in [0.5, 0.6) is 0 Å². The number of aliphatic imine (C=N–C) groups is 1. The lowest BCUT2D eigenvalue weighted by Gasteiger charge is -2.11. The van der Waals surface area contributed by atoms with Crippen molar-refractivity contribution in [2.75, 3.05) is 6.54 Å². The average Bonchev–Trinajstić information content (AvgIpc) is 3.72. The van der Waals surface area contributed by atoms with Crippen molar-refractivity contribution in [3.05, 3.63) is 111 Å². The maximum absolute atomic E-state index is 4.74. The van der Waals surface area contributed by atoms with Crippen LogP contribution in [-0.2, 0) is 6.42 Å². The number of benzene rings is 2. The normalized spacial score (nSPS) is 12.9. The Labute approximate surface area is 224 Å². The third-order valence-electron chi connectivity index (χ3n) is 6.31. The fraction of sp³-hybridized carbons (Fsp3) is 0.0667. The number of fused-ring (bicyclic) bond motifs is 4. The molecule has 0 saturated heterocycles. The topological polar surface area (TPSA) is 25.2 Å². The first kappa shape index (κ1) is 22.1. The van der Waals surface area contributed by atoms with E-state index in [1.807, 2.05) is 40.2 Å². The molecule has 0 atom stereocenters. The number of aromatic nitrogens is 1. The number of rotatable bonds is 2. The van der Waals surface area contributed by atoms with Gasteiger partial charge in [-0.2, -0.15) is 0 Å². The minimum atomic E-state index is 0.928. The maximum Gasteiger partial charge on any atom is 0.0888 e. The second kappa shape index (κ2) is 9.37. The van der Waals surface area contributed by atoms with Crippen molar-refractivity contribution in [1.29, 1.82) is 0 Å². The molecule has 36 heavy (non-hydrogen) atoms. The van der Waals surface area contributed by atoms with Crippen LogP contribution in [0.2, 0.25) is 0 Å². The van der Waals surface area contributed by atoms with Crippen LogP contribution < -0.4 is 0 Å². The highest BCUT2D eigenvalue weighted by Crippen LogP contribution is 2.37. The second-order valence-electron chi connectivity index (χ2n) is 8.53. The second-order valence-corrected chi connectivity index (χ2v) is 12.6. The summed E-state index contributed by atoms with van der Waals surface area (Å²) in [5.41, 5.74) is 3.64. The van der Waals surface area contributed by atoms with E-state index in [0.29, 0.717) is 0 Å². The van der Waals surface area contributed by atoms with Gasteiger partial charge in [0.15, 0.2) is 0 Å². The fourth-order valence-electron chi connectivity index (χ4n) is 4.60.